The first-order chi connectivity index (χ1) is 21.3. The van der Waals surface area contributed by atoms with Crippen molar-refractivity contribution in [3.05, 3.63) is 47.9 Å². The second-order valence-electron chi connectivity index (χ2n) is 13.5. The van der Waals surface area contributed by atoms with Crippen molar-refractivity contribution in [3.63, 3.8) is 0 Å². The van der Waals surface area contributed by atoms with E-state index >= 15 is 4.39 Å². The molecule has 0 radical (unpaired) electrons. The summed E-state index contributed by atoms with van der Waals surface area (Å²) in [5, 5.41) is 23.4. The molecule has 10 heteroatoms. The van der Waals surface area contributed by atoms with Crippen LogP contribution < -0.4 is 9.64 Å². The summed E-state index contributed by atoms with van der Waals surface area (Å²) in [4.78, 5) is 18.2. The fraction of sp³-hybridized carbons (Fsp3) is 0.500. The molecule has 4 aliphatic rings. The number of fused-ring (bicyclic) bond motifs is 3. The molecular formula is C34H37F2N5O3. The second kappa shape index (κ2) is 10.2. The number of phenolic OH excluding ortho intramolecular Hbond substituents is 1. The van der Waals surface area contributed by atoms with Crippen LogP contribution in [0.1, 0.15) is 51.0 Å². The lowest BCUT2D eigenvalue weighted by Crippen LogP contribution is -2.45. The quantitative estimate of drug-likeness (QED) is 0.297. The molecule has 5 heterocycles. The van der Waals surface area contributed by atoms with Crippen LogP contribution in [-0.2, 0) is 6.42 Å². The van der Waals surface area contributed by atoms with Crippen molar-refractivity contribution in [1.29, 1.82) is 0 Å². The average Bonchev–Trinajstić information content (AvgIpc) is 3.49. The fourth-order valence-electron chi connectivity index (χ4n) is 8.19. The third kappa shape index (κ3) is 4.56. The fourth-order valence-corrected chi connectivity index (χ4v) is 8.19. The standard InChI is InChI=1S/C34H37F2N5O3/c1-2-20-5-3-6-21-11-23(42)12-25(27(20)21)29-28(36)30-26(15-37-29)31(40-17-24(43)14-33(18-40)8-9-33)39-32(38-30)44-19-34-7-4-10-41(34)16-22(35)13-34/h3,5-6,11-12,15,22,24,42-43H,2,4,7-10,13-14,16-19H2,1H3/t22-,24?,34+/m1/s1. The second-order valence-corrected chi connectivity index (χ2v) is 13.5. The maximum absolute atomic E-state index is 16.8. The number of β-amino-alcohol motifs (C(OH)–C–C–N with tert-alkyl or cyclic N) is 1. The van der Waals surface area contributed by atoms with Crippen molar-refractivity contribution in [2.24, 2.45) is 5.41 Å². The summed E-state index contributed by atoms with van der Waals surface area (Å²) in [6.07, 6.45) is 5.96. The lowest BCUT2D eigenvalue weighted by molar-refractivity contribution is 0.107. The number of piperidine rings is 1. The highest BCUT2D eigenvalue weighted by Crippen LogP contribution is 2.53. The SMILES string of the molecule is CCc1cccc2cc(O)cc(-c3ncc4c(N5CC(O)CC6(CC6)C5)nc(OC[C@@]56CCCN5C[C@H](F)C6)nc4c3F)c12. The van der Waals surface area contributed by atoms with Crippen LogP contribution in [0, 0.1) is 11.2 Å². The van der Waals surface area contributed by atoms with Gasteiger partial charge in [0.2, 0.25) is 0 Å². The monoisotopic (exact) mass is 601 g/mol. The largest absolute Gasteiger partial charge is 0.508 e. The molecule has 1 unspecified atom stereocenters. The zero-order valence-corrected chi connectivity index (χ0v) is 24.9. The Kier molecular flexibility index (Phi) is 6.47. The molecule has 4 fully saturated rings. The Morgan fingerprint density at radius 2 is 1.98 bits per heavy atom. The number of alkyl halides is 1. The van der Waals surface area contributed by atoms with Gasteiger partial charge < -0.3 is 19.8 Å². The normalized spacial score (nSPS) is 26.1. The van der Waals surface area contributed by atoms with Crippen molar-refractivity contribution in [2.45, 2.75) is 69.7 Å². The number of hydrogen-bond donors (Lipinski definition) is 2. The van der Waals surface area contributed by atoms with Gasteiger partial charge in [0.25, 0.3) is 0 Å². The molecule has 8 rings (SSSR count). The molecule has 8 nitrogen and oxygen atoms in total. The number of aliphatic hydroxyl groups is 1. The Morgan fingerprint density at radius 3 is 2.80 bits per heavy atom. The van der Waals surface area contributed by atoms with Crippen LogP contribution in [0.15, 0.2) is 36.5 Å². The van der Waals surface area contributed by atoms with Crippen LogP contribution in [-0.4, -0.2) is 80.7 Å². The first kappa shape index (κ1) is 27.9. The summed E-state index contributed by atoms with van der Waals surface area (Å²) in [6.45, 7) is 4.58. The lowest BCUT2D eigenvalue weighted by Gasteiger charge is -2.37. The number of hydrogen-bond acceptors (Lipinski definition) is 8. The van der Waals surface area contributed by atoms with E-state index in [1.807, 2.05) is 30.0 Å². The topological polar surface area (TPSA) is 94.8 Å². The number of anilines is 1. The summed E-state index contributed by atoms with van der Waals surface area (Å²) in [5.41, 5.74) is 1.31. The molecule has 1 aliphatic carbocycles. The van der Waals surface area contributed by atoms with Crippen molar-refractivity contribution in [2.75, 3.05) is 37.7 Å². The number of ether oxygens (including phenoxy) is 1. The van der Waals surface area contributed by atoms with E-state index < -0.39 is 23.6 Å². The summed E-state index contributed by atoms with van der Waals surface area (Å²) >= 11 is 0. The number of benzene rings is 2. The van der Waals surface area contributed by atoms with E-state index in [9.17, 15) is 14.6 Å². The Hall–Kier alpha value is -3.63. The Balaban J connectivity index is 1.27. The minimum Gasteiger partial charge on any atom is -0.508 e. The summed E-state index contributed by atoms with van der Waals surface area (Å²) in [5.74, 6) is -0.119. The maximum atomic E-state index is 16.8. The molecule has 44 heavy (non-hydrogen) atoms. The first-order valence-corrected chi connectivity index (χ1v) is 15.8. The molecule has 1 saturated carbocycles. The van der Waals surface area contributed by atoms with Gasteiger partial charge in [0, 0.05) is 37.8 Å². The van der Waals surface area contributed by atoms with Gasteiger partial charge in [-0.15, -0.1) is 0 Å². The molecule has 2 aromatic carbocycles. The van der Waals surface area contributed by atoms with Crippen molar-refractivity contribution in [3.8, 4) is 23.0 Å². The Morgan fingerprint density at radius 1 is 1.11 bits per heavy atom. The van der Waals surface area contributed by atoms with Gasteiger partial charge in [-0.3, -0.25) is 9.88 Å². The van der Waals surface area contributed by atoms with Gasteiger partial charge >= 0.3 is 6.01 Å². The van der Waals surface area contributed by atoms with Crippen molar-refractivity contribution >= 4 is 27.5 Å². The van der Waals surface area contributed by atoms with Gasteiger partial charge in [0.05, 0.1) is 17.0 Å². The van der Waals surface area contributed by atoms with Crippen LogP contribution in [0.3, 0.4) is 0 Å². The molecule has 3 saturated heterocycles. The summed E-state index contributed by atoms with van der Waals surface area (Å²) in [7, 11) is 0. The Bertz CT molecular complexity index is 1780. The lowest BCUT2D eigenvalue weighted by atomic mass is 9.93. The molecule has 4 aromatic rings. The van der Waals surface area contributed by atoms with Crippen LogP contribution in [0.4, 0.5) is 14.6 Å². The van der Waals surface area contributed by atoms with Gasteiger partial charge in [0.15, 0.2) is 5.82 Å². The highest BCUT2D eigenvalue weighted by Gasteiger charge is 2.50. The highest BCUT2D eigenvalue weighted by atomic mass is 19.1. The smallest absolute Gasteiger partial charge is 0.319 e. The van der Waals surface area contributed by atoms with Crippen molar-refractivity contribution in [1.82, 2.24) is 19.9 Å². The zero-order chi connectivity index (χ0) is 30.2. The molecule has 0 amide bonds. The van der Waals surface area contributed by atoms with Crippen LogP contribution in [0.25, 0.3) is 32.9 Å². The summed E-state index contributed by atoms with van der Waals surface area (Å²) in [6, 6.07) is 9.09. The third-order valence-corrected chi connectivity index (χ3v) is 10.4. The van der Waals surface area contributed by atoms with Gasteiger partial charge in [-0.25, -0.2) is 8.78 Å². The van der Waals surface area contributed by atoms with E-state index in [1.165, 1.54) is 0 Å². The van der Waals surface area contributed by atoms with E-state index in [-0.39, 0.29) is 35.0 Å². The number of rotatable bonds is 6. The molecule has 2 aromatic heterocycles. The highest BCUT2D eigenvalue weighted by molar-refractivity contribution is 6.01. The minimum atomic E-state index is -0.896. The number of pyridine rings is 1. The molecule has 3 atom stereocenters. The number of aromatic nitrogens is 3. The number of nitrogens with zero attached hydrogens (tertiary/aromatic N) is 5. The number of aliphatic hydroxyl groups excluding tert-OH is 1. The minimum absolute atomic E-state index is 0.0228. The molecule has 2 N–H and O–H groups in total. The van der Waals surface area contributed by atoms with Crippen LogP contribution in [0.5, 0.6) is 11.8 Å². The van der Waals surface area contributed by atoms with E-state index in [0.29, 0.717) is 42.8 Å². The van der Waals surface area contributed by atoms with Crippen LogP contribution >= 0.6 is 0 Å². The molecule has 0 bridgehead atoms. The van der Waals surface area contributed by atoms with Gasteiger partial charge in [-0.1, -0.05) is 25.1 Å². The first-order valence-electron chi connectivity index (χ1n) is 15.8. The number of halogens is 2. The average molecular weight is 602 g/mol. The molecule has 1 spiro atoms. The third-order valence-electron chi connectivity index (χ3n) is 10.4. The van der Waals surface area contributed by atoms with E-state index in [2.05, 4.69) is 14.9 Å². The van der Waals surface area contributed by atoms with Gasteiger partial charge in [-0.2, -0.15) is 9.97 Å². The Labute approximate surface area is 254 Å². The number of aromatic hydroxyl groups is 1. The number of phenols is 1. The van der Waals surface area contributed by atoms with Gasteiger partial charge in [-0.05, 0) is 79.0 Å². The van der Waals surface area contributed by atoms with E-state index in [1.54, 1.807) is 18.3 Å². The van der Waals surface area contributed by atoms with E-state index in [4.69, 9.17) is 9.72 Å². The summed E-state index contributed by atoms with van der Waals surface area (Å²) < 4.78 is 37.5. The predicted molar refractivity (Wildman–Crippen MR) is 164 cm³/mol. The number of aryl methyl sites for hydroxylation is 1. The maximum Gasteiger partial charge on any atom is 0.319 e. The van der Waals surface area contributed by atoms with Crippen LogP contribution in [0.2, 0.25) is 0 Å². The predicted octanol–water partition coefficient (Wildman–Crippen LogP) is 5.56. The molecular weight excluding hydrogens is 564 g/mol. The molecule has 230 valence electrons. The van der Waals surface area contributed by atoms with Gasteiger partial charge in [0.1, 0.15) is 35.6 Å². The van der Waals surface area contributed by atoms with Crippen molar-refractivity contribution < 1.29 is 23.7 Å². The molecule has 3 aliphatic heterocycles. The van der Waals surface area contributed by atoms with E-state index in [0.717, 1.165) is 61.4 Å². The zero-order valence-electron chi connectivity index (χ0n) is 24.9.